The number of rotatable bonds is 5. The van der Waals surface area contributed by atoms with Crippen molar-refractivity contribution < 1.29 is 13.2 Å². The number of likely N-dealkylation sites (tertiary alicyclic amines) is 1. The van der Waals surface area contributed by atoms with Gasteiger partial charge in [-0.25, -0.2) is 13.2 Å². The van der Waals surface area contributed by atoms with Gasteiger partial charge in [0.1, 0.15) is 0 Å². The highest BCUT2D eigenvalue weighted by atomic mass is 32.2. The molecule has 0 aromatic heterocycles. The second-order valence-electron chi connectivity index (χ2n) is 7.27. The van der Waals surface area contributed by atoms with E-state index in [1.54, 1.807) is 17.0 Å². The molecule has 0 spiro atoms. The zero-order valence-electron chi connectivity index (χ0n) is 15.9. The summed E-state index contributed by atoms with van der Waals surface area (Å²) in [6.45, 7) is 2.12. The van der Waals surface area contributed by atoms with Crippen LogP contribution < -0.4 is 5.32 Å². The minimum absolute atomic E-state index is 0.185. The van der Waals surface area contributed by atoms with Crippen molar-refractivity contribution in [2.24, 2.45) is 0 Å². The predicted molar refractivity (Wildman–Crippen MR) is 108 cm³/mol. The van der Waals surface area contributed by atoms with Crippen LogP contribution in [0.4, 0.5) is 4.79 Å². The molecule has 0 bridgehead atoms. The Hall–Kier alpha value is -2.12. The van der Waals surface area contributed by atoms with Gasteiger partial charge in [-0.1, -0.05) is 36.4 Å². The molecule has 1 aliphatic rings. The molecule has 0 saturated carbocycles. The number of fused-ring (bicyclic) bond motifs is 1. The minimum Gasteiger partial charge on any atom is -0.337 e. The molecule has 7 heteroatoms. The van der Waals surface area contributed by atoms with E-state index in [0.717, 1.165) is 17.3 Å². The Labute approximate surface area is 161 Å². The minimum atomic E-state index is -3.52. The van der Waals surface area contributed by atoms with Gasteiger partial charge in [-0.3, -0.25) is 0 Å². The van der Waals surface area contributed by atoms with Crippen molar-refractivity contribution in [3.8, 4) is 0 Å². The van der Waals surface area contributed by atoms with E-state index in [-0.39, 0.29) is 12.6 Å². The number of piperidine rings is 1. The topological polar surface area (TPSA) is 69.7 Å². The molecule has 1 atom stereocenters. The Bertz CT molecular complexity index is 906. The Morgan fingerprint density at radius 1 is 1.19 bits per heavy atom. The first kappa shape index (κ1) is 19.6. The number of likely N-dealkylation sites (N-methyl/N-ethyl adjacent to an activating group) is 1. The van der Waals surface area contributed by atoms with E-state index in [1.807, 2.05) is 49.3 Å². The fourth-order valence-corrected chi connectivity index (χ4v) is 5.47. The number of hydrogen-bond acceptors (Lipinski definition) is 4. The summed E-state index contributed by atoms with van der Waals surface area (Å²) in [5, 5.41) is 3.96. The van der Waals surface area contributed by atoms with Crippen LogP contribution >= 0.6 is 0 Å². The van der Waals surface area contributed by atoms with Gasteiger partial charge in [-0.15, -0.1) is 0 Å². The highest BCUT2D eigenvalue weighted by Gasteiger charge is 2.34. The van der Waals surface area contributed by atoms with Gasteiger partial charge in [0.25, 0.3) is 0 Å². The number of urea groups is 1. The van der Waals surface area contributed by atoms with Crippen LogP contribution in [-0.2, 0) is 9.84 Å². The maximum absolute atomic E-state index is 13.3. The van der Waals surface area contributed by atoms with Crippen molar-refractivity contribution in [2.75, 3.05) is 40.3 Å². The van der Waals surface area contributed by atoms with Crippen molar-refractivity contribution in [1.29, 1.82) is 0 Å². The summed E-state index contributed by atoms with van der Waals surface area (Å²) in [5.74, 6) is 0. The van der Waals surface area contributed by atoms with Gasteiger partial charge in [-0.05, 0) is 38.4 Å². The molecule has 1 saturated heterocycles. The summed E-state index contributed by atoms with van der Waals surface area (Å²) < 4.78 is 26.6. The molecule has 6 nitrogen and oxygen atoms in total. The molecule has 3 rings (SSSR count). The van der Waals surface area contributed by atoms with Crippen molar-refractivity contribution >= 4 is 26.6 Å². The summed E-state index contributed by atoms with van der Waals surface area (Å²) >= 11 is 0. The van der Waals surface area contributed by atoms with Gasteiger partial charge in [0.15, 0.2) is 9.84 Å². The van der Waals surface area contributed by atoms with E-state index in [1.165, 1.54) is 0 Å². The average molecular weight is 390 g/mol. The lowest BCUT2D eigenvalue weighted by molar-refractivity contribution is 0.186. The van der Waals surface area contributed by atoms with Gasteiger partial charge in [0.2, 0.25) is 0 Å². The van der Waals surface area contributed by atoms with Crippen LogP contribution in [0, 0.1) is 0 Å². The van der Waals surface area contributed by atoms with Crippen molar-refractivity contribution in [3.63, 3.8) is 0 Å². The fourth-order valence-electron chi connectivity index (χ4n) is 3.50. The third-order valence-corrected chi connectivity index (χ3v) is 7.23. The van der Waals surface area contributed by atoms with Gasteiger partial charge in [0, 0.05) is 31.6 Å². The van der Waals surface area contributed by atoms with Crippen LogP contribution in [0.5, 0.6) is 0 Å². The van der Waals surface area contributed by atoms with Crippen LogP contribution in [0.3, 0.4) is 0 Å². The number of carbonyl (C=O) groups excluding carboxylic acids is 1. The van der Waals surface area contributed by atoms with E-state index >= 15 is 0 Å². The molecule has 1 heterocycles. The Morgan fingerprint density at radius 3 is 2.70 bits per heavy atom. The number of nitrogens with zero attached hydrogens (tertiary/aromatic N) is 2. The zero-order chi connectivity index (χ0) is 19.4. The molecule has 0 aliphatic carbocycles. The summed E-state index contributed by atoms with van der Waals surface area (Å²) in [6, 6.07) is 12.7. The van der Waals surface area contributed by atoms with Crippen LogP contribution in [0.1, 0.15) is 12.8 Å². The smallest absolute Gasteiger partial charge is 0.317 e. The van der Waals surface area contributed by atoms with Crippen molar-refractivity contribution in [2.45, 2.75) is 23.0 Å². The summed E-state index contributed by atoms with van der Waals surface area (Å²) in [7, 11) is 0.370. The number of sulfone groups is 1. The van der Waals surface area contributed by atoms with Gasteiger partial charge in [0.05, 0.1) is 10.1 Å². The Morgan fingerprint density at radius 2 is 1.93 bits per heavy atom. The maximum Gasteiger partial charge on any atom is 0.317 e. The summed E-state index contributed by atoms with van der Waals surface area (Å²) in [5.41, 5.74) is 0. The number of nitrogens with one attached hydrogen (secondary N) is 1. The van der Waals surface area contributed by atoms with Crippen LogP contribution in [0.2, 0.25) is 0 Å². The molecule has 1 unspecified atom stereocenters. The second kappa shape index (κ2) is 8.27. The first-order chi connectivity index (χ1) is 12.9. The first-order valence-electron chi connectivity index (χ1n) is 9.29. The fraction of sp³-hybridized carbons (Fsp3) is 0.450. The van der Waals surface area contributed by atoms with E-state index in [4.69, 9.17) is 0 Å². The van der Waals surface area contributed by atoms with Crippen molar-refractivity contribution in [3.05, 3.63) is 42.5 Å². The quantitative estimate of drug-likeness (QED) is 0.852. The van der Waals surface area contributed by atoms with E-state index in [0.29, 0.717) is 30.8 Å². The molecule has 2 aromatic rings. The van der Waals surface area contributed by atoms with Crippen LogP contribution in [-0.4, -0.2) is 69.8 Å². The predicted octanol–water partition coefficient (Wildman–Crippen LogP) is 2.35. The van der Waals surface area contributed by atoms with E-state index in [9.17, 15) is 13.2 Å². The lowest BCUT2D eigenvalue weighted by atomic mass is 10.1. The van der Waals surface area contributed by atoms with E-state index in [2.05, 4.69) is 5.32 Å². The molecular weight excluding hydrogens is 362 g/mol. The molecule has 1 aliphatic heterocycles. The Balaban J connectivity index is 1.77. The monoisotopic (exact) mass is 389 g/mol. The number of amides is 2. The maximum atomic E-state index is 13.3. The number of benzene rings is 2. The third kappa shape index (κ3) is 4.42. The lowest BCUT2D eigenvalue weighted by Gasteiger charge is -2.32. The largest absolute Gasteiger partial charge is 0.337 e. The number of hydrogen-bond donors (Lipinski definition) is 1. The normalized spacial score (nSPS) is 18.0. The van der Waals surface area contributed by atoms with Gasteiger partial charge in [-0.2, -0.15) is 0 Å². The van der Waals surface area contributed by atoms with Gasteiger partial charge >= 0.3 is 6.03 Å². The van der Waals surface area contributed by atoms with Crippen LogP contribution in [0.15, 0.2) is 47.4 Å². The second-order valence-corrected chi connectivity index (χ2v) is 9.46. The Kier molecular flexibility index (Phi) is 6.01. The molecule has 146 valence electrons. The first-order valence-corrected chi connectivity index (χ1v) is 10.8. The highest BCUT2D eigenvalue weighted by molar-refractivity contribution is 7.92. The standard InChI is InChI=1S/C20H27N3O3S/c1-22(2)14-12-21-20(24)23-13-6-9-17(15-23)27(25,26)19-11-5-8-16-7-3-4-10-18(16)19/h3-5,7-8,10-11,17H,6,9,12-15H2,1-2H3,(H,21,24). The SMILES string of the molecule is CN(C)CCNC(=O)N1CCCC(S(=O)(=O)c2cccc3ccccc23)C1. The zero-order valence-corrected chi connectivity index (χ0v) is 16.7. The molecule has 1 fully saturated rings. The highest BCUT2D eigenvalue weighted by Crippen LogP contribution is 2.29. The summed E-state index contributed by atoms with van der Waals surface area (Å²) in [4.78, 5) is 16.4. The third-order valence-electron chi connectivity index (χ3n) is 5.00. The molecule has 2 amide bonds. The van der Waals surface area contributed by atoms with Crippen LogP contribution in [0.25, 0.3) is 10.8 Å². The van der Waals surface area contributed by atoms with Gasteiger partial charge < -0.3 is 15.1 Å². The molecule has 27 heavy (non-hydrogen) atoms. The number of carbonyl (C=O) groups is 1. The molecule has 2 aromatic carbocycles. The lowest BCUT2D eigenvalue weighted by Crippen LogP contribution is -2.50. The molecule has 1 N–H and O–H groups in total. The molecule has 0 radical (unpaired) electrons. The van der Waals surface area contributed by atoms with Crippen molar-refractivity contribution in [1.82, 2.24) is 15.1 Å². The average Bonchev–Trinajstić information content (AvgIpc) is 2.67. The summed E-state index contributed by atoms with van der Waals surface area (Å²) in [6.07, 6.45) is 1.27. The molecular formula is C20H27N3O3S. The van der Waals surface area contributed by atoms with E-state index < -0.39 is 15.1 Å².